The fourth-order valence-corrected chi connectivity index (χ4v) is 3.33. The van der Waals surface area contributed by atoms with Crippen molar-refractivity contribution < 1.29 is 19.8 Å². The van der Waals surface area contributed by atoms with Gasteiger partial charge in [-0.15, -0.1) is 0 Å². The maximum atomic E-state index is 12.9. The number of aromatic carboxylic acids is 1. The molecular weight excluding hydrogens is 380 g/mol. The minimum Gasteiger partial charge on any atom is -0.507 e. The van der Waals surface area contributed by atoms with Crippen LogP contribution in [0.1, 0.15) is 34.6 Å². The Morgan fingerprint density at radius 2 is 1.57 bits per heavy atom. The number of nitrogens with one attached hydrogen (secondary N) is 1. The second kappa shape index (κ2) is 9.13. The molecule has 3 aromatic rings. The Balaban J connectivity index is 1.98. The van der Waals surface area contributed by atoms with Crippen LogP contribution in [-0.4, -0.2) is 35.2 Å². The molecule has 0 aliphatic heterocycles. The van der Waals surface area contributed by atoms with Gasteiger partial charge in [-0.05, 0) is 55.3 Å². The molecule has 0 unspecified atom stereocenters. The molecule has 0 bridgehead atoms. The van der Waals surface area contributed by atoms with E-state index >= 15 is 0 Å². The summed E-state index contributed by atoms with van der Waals surface area (Å²) in [7, 11) is 0. The summed E-state index contributed by atoms with van der Waals surface area (Å²) in [5.41, 5.74) is 2.71. The van der Waals surface area contributed by atoms with Gasteiger partial charge in [0.15, 0.2) is 0 Å². The van der Waals surface area contributed by atoms with Crippen molar-refractivity contribution in [3.8, 4) is 16.9 Å². The predicted octanol–water partition coefficient (Wildman–Crippen LogP) is 4.86. The molecule has 0 saturated carbocycles. The van der Waals surface area contributed by atoms with Crippen molar-refractivity contribution in [1.82, 2.24) is 0 Å². The molecule has 0 aliphatic carbocycles. The quantitative estimate of drug-likeness (QED) is 0.523. The van der Waals surface area contributed by atoms with Crippen LogP contribution < -0.4 is 10.2 Å². The lowest BCUT2D eigenvalue weighted by Crippen LogP contribution is -2.22. The first-order chi connectivity index (χ1) is 14.4. The van der Waals surface area contributed by atoms with E-state index in [-0.39, 0.29) is 22.6 Å². The number of carbonyl (C=O) groups excluding carboxylic acids is 1. The van der Waals surface area contributed by atoms with Gasteiger partial charge < -0.3 is 20.4 Å². The van der Waals surface area contributed by atoms with Crippen molar-refractivity contribution in [2.45, 2.75) is 13.8 Å². The molecule has 6 nitrogen and oxygen atoms in total. The zero-order valence-corrected chi connectivity index (χ0v) is 16.9. The van der Waals surface area contributed by atoms with E-state index in [0.29, 0.717) is 0 Å². The monoisotopic (exact) mass is 404 g/mol. The number of benzene rings is 3. The molecule has 3 aromatic carbocycles. The second-order valence-electron chi connectivity index (χ2n) is 6.76. The molecule has 154 valence electrons. The topological polar surface area (TPSA) is 89.9 Å². The number of rotatable bonds is 7. The Morgan fingerprint density at radius 1 is 0.867 bits per heavy atom. The van der Waals surface area contributed by atoms with Gasteiger partial charge in [-0.2, -0.15) is 0 Å². The molecule has 0 saturated heterocycles. The van der Waals surface area contributed by atoms with E-state index in [2.05, 4.69) is 10.2 Å². The van der Waals surface area contributed by atoms with E-state index in [9.17, 15) is 19.8 Å². The fourth-order valence-electron chi connectivity index (χ4n) is 3.33. The largest absolute Gasteiger partial charge is 0.507 e. The number of phenols is 1. The van der Waals surface area contributed by atoms with E-state index < -0.39 is 11.9 Å². The third kappa shape index (κ3) is 4.43. The fraction of sp³-hybridized carbons (Fsp3) is 0.167. The molecule has 0 atom stereocenters. The summed E-state index contributed by atoms with van der Waals surface area (Å²) in [4.78, 5) is 26.6. The SMILES string of the molecule is CCN(CC)c1ccc(O)c(C(=O)Nc2cc(-c3ccccc3)ccc2C(=O)O)c1. The van der Waals surface area contributed by atoms with Crippen LogP contribution in [0.5, 0.6) is 5.75 Å². The van der Waals surface area contributed by atoms with Crippen LogP contribution in [0.3, 0.4) is 0 Å². The van der Waals surface area contributed by atoms with Crippen LogP contribution in [0, 0.1) is 0 Å². The van der Waals surface area contributed by atoms with Crippen molar-refractivity contribution in [2.24, 2.45) is 0 Å². The molecule has 3 N–H and O–H groups in total. The number of aromatic hydroxyl groups is 1. The van der Waals surface area contributed by atoms with Gasteiger partial charge in [0.1, 0.15) is 5.75 Å². The molecule has 0 heterocycles. The van der Waals surface area contributed by atoms with Crippen molar-refractivity contribution in [3.05, 3.63) is 77.9 Å². The zero-order valence-electron chi connectivity index (χ0n) is 16.9. The number of amides is 1. The minimum absolute atomic E-state index is 0.0255. The third-order valence-corrected chi connectivity index (χ3v) is 4.96. The molecule has 6 heteroatoms. The maximum absolute atomic E-state index is 12.9. The van der Waals surface area contributed by atoms with Crippen molar-refractivity contribution in [3.63, 3.8) is 0 Å². The maximum Gasteiger partial charge on any atom is 0.337 e. The normalized spacial score (nSPS) is 10.5. The van der Waals surface area contributed by atoms with Gasteiger partial charge in [0, 0.05) is 18.8 Å². The van der Waals surface area contributed by atoms with Gasteiger partial charge in [-0.25, -0.2) is 4.79 Å². The Labute approximate surface area is 175 Å². The first kappa shape index (κ1) is 20.9. The van der Waals surface area contributed by atoms with E-state index in [0.717, 1.165) is 29.9 Å². The molecule has 0 spiro atoms. The Morgan fingerprint density at radius 3 is 2.20 bits per heavy atom. The van der Waals surface area contributed by atoms with Crippen LogP contribution in [0.2, 0.25) is 0 Å². The number of carboxylic acids is 1. The van der Waals surface area contributed by atoms with E-state index in [4.69, 9.17) is 0 Å². The summed E-state index contributed by atoms with van der Waals surface area (Å²) in [5.74, 6) is -1.89. The molecule has 0 fully saturated rings. The van der Waals surface area contributed by atoms with Crippen LogP contribution in [0.25, 0.3) is 11.1 Å². The van der Waals surface area contributed by atoms with E-state index in [1.54, 1.807) is 24.3 Å². The third-order valence-electron chi connectivity index (χ3n) is 4.96. The smallest absolute Gasteiger partial charge is 0.337 e. The van der Waals surface area contributed by atoms with Crippen LogP contribution in [0.15, 0.2) is 66.7 Å². The van der Waals surface area contributed by atoms with Gasteiger partial charge in [0.25, 0.3) is 5.91 Å². The standard InChI is InChI=1S/C24H24N2O4/c1-3-26(4-2)18-11-13-22(27)20(15-18)23(28)25-21-14-17(10-12-19(21)24(29)30)16-8-6-5-7-9-16/h5-15,27H,3-4H2,1-2H3,(H,25,28)(H,29,30). The summed E-state index contributed by atoms with van der Waals surface area (Å²) >= 11 is 0. The van der Waals surface area contributed by atoms with Gasteiger partial charge in [0.2, 0.25) is 0 Å². The molecule has 0 aliphatic rings. The number of hydrogen-bond acceptors (Lipinski definition) is 4. The Bertz CT molecular complexity index is 1060. The highest BCUT2D eigenvalue weighted by Gasteiger charge is 2.18. The van der Waals surface area contributed by atoms with Gasteiger partial charge >= 0.3 is 5.97 Å². The number of carboxylic acid groups (broad SMARTS) is 1. The lowest BCUT2D eigenvalue weighted by Gasteiger charge is -2.22. The highest BCUT2D eigenvalue weighted by atomic mass is 16.4. The van der Waals surface area contributed by atoms with Crippen molar-refractivity contribution >= 4 is 23.3 Å². The molecule has 3 rings (SSSR count). The lowest BCUT2D eigenvalue weighted by molar-refractivity contribution is 0.0698. The second-order valence-corrected chi connectivity index (χ2v) is 6.76. The summed E-state index contributed by atoms with van der Waals surface area (Å²) in [5, 5.41) is 22.4. The molecule has 30 heavy (non-hydrogen) atoms. The van der Waals surface area contributed by atoms with Gasteiger partial charge in [-0.1, -0.05) is 36.4 Å². The van der Waals surface area contributed by atoms with Crippen LogP contribution in [0.4, 0.5) is 11.4 Å². The van der Waals surface area contributed by atoms with Crippen LogP contribution >= 0.6 is 0 Å². The average Bonchev–Trinajstić information content (AvgIpc) is 2.76. The van der Waals surface area contributed by atoms with Crippen molar-refractivity contribution in [2.75, 3.05) is 23.3 Å². The summed E-state index contributed by atoms with van der Waals surface area (Å²) in [6.45, 7) is 5.52. The summed E-state index contributed by atoms with van der Waals surface area (Å²) in [6.07, 6.45) is 0. The van der Waals surface area contributed by atoms with Gasteiger partial charge in [-0.3, -0.25) is 4.79 Å². The molecule has 0 aromatic heterocycles. The van der Waals surface area contributed by atoms with E-state index in [1.807, 2.05) is 44.2 Å². The highest BCUT2D eigenvalue weighted by molar-refractivity contribution is 6.10. The number of hydrogen-bond donors (Lipinski definition) is 3. The molecular formula is C24H24N2O4. The lowest BCUT2D eigenvalue weighted by atomic mass is 10.0. The number of carbonyl (C=O) groups is 2. The summed E-state index contributed by atoms with van der Waals surface area (Å²) < 4.78 is 0. The minimum atomic E-state index is -1.15. The van der Waals surface area contributed by atoms with Gasteiger partial charge in [0.05, 0.1) is 16.8 Å². The predicted molar refractivity (Wildman–Crippen MR) is 118 cm³/mol. The van der Waals surface area contributed by atoms with E-state index in [1.165, 1.54) is 12.1 Å². The Kier molecular flexibility index (Phi) is 6.37. The first-order valence-electron chi connectivity index (χ1n) is 9.76. The number of phenolic OH excluding ortho intramolecular Hbond substituents is 1. The zero-order chi connectivity index (χ0) is 21.7. The molecule has 0 radical (unpaired) electrons. The molecule has 1 amide bonds. The number of anilines is 2. The Hall–Kier alpha value is -3.80. The average molecular weight is 404 g/mol. The highest BCUT2D eigenvalue weighted by Crippen LogP contribution is 2.29. The first-order valence-corrected chi connectivity index (χ1v) is 9.76. The summed E-state index contributed by atoms with van der Waals surface area (Å²) in [6, 6.07) is 19.1. The van der Waals surface area contributed by atoms with Crippen LogP contribution in [-0.2, 0) is 0 Å². The van der Waals surface area contributed by atoms with Crippen molar-refractivity contribution in [1.29, 1.82) is 0 Å². The number of nitrogens with zero attached hydrogens (tertiary/aromatic N) is 1.